The number of carbonyl (C=O) groups is 2. The third kappa shape index (κ3) is 10.9. The zero-order valence-electron chi connectivity index (χ0n) is 9.49. The highest BCUT2D eigenvalue weighted by molar-refractivity contribution is 5.90. The van der Waals surface area contributed by atoms with E-state index in [4.69, 9.17) is 9.84 Å². The molecule has 0 heterocycles. The second-order valence-corrected chi connectivity index (χ2v) is 4.03. The van der Waals surface area contributed by atoms with E-state index >= 15 is 0 Å². The molecule has 88 valence electrons. The minimum atomic E-state index is -1.14. The van der Waals surface area contributed by atoms with E-state index in [1.54, 1.807) is 0 Å². The van der Waals surface area contributed by atoms with Crippen LogP contribution < -0.4 is 0 Å². The monoisotopic (exact) mass is 216 g/mol. The van der Waals surface area contributed by atoms with Gasteiger partial charge in [-0.15, -0.1) is 0 Å². The van der Waals surface area contributed by atoms with Crippen molar-refractivity contribution in [2.75, 3.05) is 6.61 Å². The van der Waals surface area contributed by atoms with Crippen molar-refractivity contribution in [3.63, 3.8) is 0 Å². The number of carboxylic acids is 1. The molecule has 0 rings (SSSR count). The van der Waals surface area contributed by atoms with Crippen molar-refractivity contribution in [1.29, 1.82) is 0 Å². The first-order valence-corrected chi connectivity index (χ1v) is 5.39. The van der Waals surface area contributed by atoms with Crippen LogP contribution in [0.4, 0.5) is 0 Å². The van der Waals surface area contributed by atoms with E-state index in [1.165, 1.54) is 6.42 Å². The van der Waals surface area contributed by atoms with Gasteiger partial charge < -0.3 is 9.84 Å². The highest BCUT2D eigenvalue weighted by Gasteiger charge is 2.07. The molecular formula is C11H20O4. The topological polar surface area (TPSA) is 63.6 Å². The zero-order valence-corrected chi connectivity index (χ0v) is 9.49. The van der Waals surface area contributed by atoms with E-state index in [-0.39, 0.29) is 0 Å². The molecule has 0 aliphatic rings. The van der Waals surface area contributed by atoms with Crippen molar-refractivity contribution < 1.29 is 19.4 Å². The third-order valence-electron chi connectivity index (χ3n) is 1.98. The second kappa shape index (κ2) is 8.26. The van der Waals surface area contributed by atoms with Crippen molar-refractivity contribution in [3.05, 3.63) is 0 Å². The highest BCUT2D eigenvalue weighted by atomic mass is 16.5. The van der Waals surface area contributed by atoms with Gasteiger partial charge in [-0.2, -0.15) is 0 Å². The molecule has 0 unspecified atom stereocenters. The molecule has 0 spiro atoms. The molecule has 1 N–H and O–H groups in total. The molecule has 4 nitrogen and oxygen atoms in total. The maximum absolute atomic E-state index is 10.8. The molecule has 0 amide bonds. The lowest BCUT2D eigenvalue weighted by atomic mass is 10.1. The molecule has 0 radical (unpaired) electrons. The van der Waals surface area contributed by atoms with Gasteiger partial charge in [-0.25, -0.2) is 0 Å². The Labute approximate surface area is 90.6 Å². The molecule has 0 aromatic heterocycles. The summed E-state index contributed by atoms with van der Waals surface area (Å²) in [7, 11) is 0. The normalized spacial score (nSPS) is 10.3. The standard InChI is InChI=1S/C11H20O4/c1-9(2)6-4-3-5-7-15-11(14)8-10(12)13/h9H,3-8H2,1-2H3,(H,12,13). The molecular weight excluding hydrogens is 196 g/mol. The molecule has 0 saturated heterocycles. The van der Waals surface area contributed by atoms with Crippen LogP contribution in [0, 0.1) is 5.92 Å². The Balaban J connectivity index is 3.24. The first-order valence-electron chi connectivity index (χ1n) is 5.39. The van der Waals surface area contributed by atoms with E-state index in [0.29, 0.717) is 12.5 Å². The second-order valence-electron chi connectivity index (χ2n) is 4.03. The van der Waals surface area contributed by atoms with Crippen molar-refractivity contribution in [3.8, 4) is 0 Å². The fourth-order valence-electron chi connectivity index (χ4n) is 1.19. The van der Waals surface area contributed by atoms with Gasteiger partial charge >= 0.3 is 11.9 Å². The van der Waals surface area contributed by atoms with Crippen LogP contribution in [0.5, 0.6) is 0 Å². The lowest BCUT2D eigenvalue weighted by Gasteiger charge is -2.05. The molecule has 0 aliphatic heterocycles. The van der Waals surface area contributed by atoms with Gasteiger partial charge in [0.25, 0.3) is 0 Å². The third-order valence-corrected chi connectivity index (χ3v) is 1.98. The predicted octanol–water partition coefficient (Wildman–Crippen LogP) is 2.22. The highest BCUT2D eigenvalue weighted by Crippen LogP contribution is 2.07. The maximum Gasteiger partial charge on any atom is 0.317 e. The average Bonchev–Trinajstić information content (AvgIpc) is 2.09. The molecule has 4 heteroatoms. The van der Waals surface area contributed by atoms with Crippen LogP contribution in [0.1, 0.15) is 46.0 Å². The van der Waals surface area contributed by atoms with Gasteiger partial charge in [0.15, 0.2) is 0 Å². The van der Waals surface area contributed by atoms with Crippen LogP contribution in [0.2, 0.25) is 0 Å². The van der Waals surface area contributed by atoms with E-state index < -0.39 is 18.4 Å². The molecule has 15 heavy (non-hydrogen) atoms. The van der Waals surface area contributed by atoms with Crippen LogP contribution in [0.25, 0.3) is 0 Å². The predicted molar refractivity (Wildman–Crippen MR) is 56.5 cm³/mol. The number of rotatable bonds is 8. The van der Waals surface area contributed by atoms with Crippen LogP contribution >= 0.6 is 0 Å². The number of ether oxygens (including phenoxy) is 1. The van der Waals surface area contributed by atoms with E-state index in [2.05, 4.69) is 13.8 Å². The van der Waals surface area contributed by atoms with Crippen LogP contribution in [0.3, 0.4) is 0 Å². The summed E-state index contributed by atoms with van der Waals surface area (Å²) in [5.41, 5.74) is 0. The van der Waals surface area contributed by atoms with Gasteiger partial charge in [0, 0.05) is 0 Å². The summed E-state index contributed by atoms with van der Waals surface area (Å²) in [6.45, 7) is 4.68. The summed E-state index contributed by atoms with van der Waals surface area (Å²) < 4.78 is 4.74. The fourth-order valence-corrected chi connectivity index (χ4v) is 1.19. The number of hydrogen-bond acceptors (Lipinski definition) is 3. The summed E-state index contributed by atoms with van der Waals surface area (Å²) in [6.07, 6.45) is 3.62. The molecule has 0 atom stereocenters. The summed E-state index contributed by atoms with van der Waals surface area (Å²) >= 11 is 0. The fraction of sp³-hybridized carbons (Fsp3) is 0.818. The molecule has 0 saturated carbocycles. The van der Waals surface area contributed by atoms with E-state index in [0.717, 1.165) is 19.3 Å². The van der Waals surface area contributed by atoms with Crippen molar-refractivity contribution in [2.24, 2.45) is 5.92 Å². The Morgan fingerprint density at radius 3 is 2.40 bits per heavy atom. The molecule has 0 aromatic carbocycles. The Morgan fingerprint density at radius 2 is 1.87 bits per heavy atom. The van der Waals surface area contributed by atoms with E-state index in [9.17, 15) is 9.59 Å². The minimum absolute atomic E-state index is 0.338. The van der Waals surface area contributed by atoms with Crippen LogP contribution in [-0.2, 0) is 14.3 Å². The maximum atomic E-state index is 10.8. The van der Waals surface area contributed by atoms with Crippen LogP contribution in [-0.4, -0.2) is 23.7 Å². The zero-order chi connectivity index (χ0) is 11.7. The van der Waals surface area contributed by atoms with Gasteiger partial charge in [0.2, 0.25) is 0 Å². The number of aliphatic carboxylic acids is 1. The molecule has 0 bridgehead atoms. The van der Waals surface area contributed by atoms with E-state index in [1.807, 2.05) is 0 Å². The SMILES string of the molecule is CC(C)CCCCCOC(=O)CC(=O)O. The minimum Gasteiger partial charge on any atom is -0.481 e. The Kier molecular flexibility index (Phi) is 7.68. The van der Waals surface area contributed by atoms with Crippen LogP contribution in [0.15, 0.2) is 0 Å². The number of esters is 1. The summed E-state index contributed by atoms with van der Waals surface area (Å²) in [4.78, 5) is 20.9. The van der Waals surface area contributed by atoms with Gasteiger partial charge in [-0.05, 0) is 12.3 Å². The van der Waals surface area contributed by atoms with Crippen molar-refractivity contribution >= 4 is 11.9 Å². The average molecular weight is 216 g/mol. The number of carboxylic acid groups (broad SMARTS) is 1. The lowest BCUT2D eigenvalue weighted by molar-refractivity contribution is -0.151. The smallest absolute Gasteiger partial charge is 0.317 e. The molecule has 0 aliphatic carbocycles. The van der Waals surface area contributed by atoms with Gasteiger partial charge in [-0.1, -0.05) is 33.1 Å². The van der Waals surface area contributed by atoms with Gasteiger partial charge in [0.1, 0.15) is 6.42 Å². The summed E-state index contributed by atoms with van der Waals surface area (Å²) in [5, 5.41) is 8.28. The Bertz CT molecular complexity index is 199. The van der Waals surface area contributed by atoms with Gasteiger partial charge in [0.05, 0.1) is 6.61 Å². The Morgan fingerprint density at radius 1 is 1.20 bits per heavy atom. The summed E-state index contributed by atoms with van der Waals surface area (Å²) in [6, 6.07) is 0. The quantitative estimate of drug-likeness (QED) is 0.384. The first-order chi connectivity index (χ1) is 7.02. The number of carbonyl (C=O) groups excluding carboxylic acids is 1. The van der Waals surface area contributed by atoms with Crippen molar-refractivity contribution in [1.82, 2.24) is 0 Å². The molecule has 0 fully saturated rings. The number of hydrogen-bond donors (Lipinski definition) is 1. The van der Waals surface area contributed by atoms with Gasteiger partial charge in [-0.3, -0.25) is 9.59 Å². The largest absolute Gasteiger partial charge is 0.481 e. The lowest BCUT2D eigenvalue weighted by Crippen LogP contribution is -2.11. The Hall–Kier alpha value is -1.06. The van der Waals surface area contributed by atoms with Crippen molar-refractivity contribution in [2.45, 2.75) is 46.0 Å². The number of unbranched alkanes of at least 4 members (excludes halogenated alkanes) is 2. The summed E-state index contributed by atoms with van der Waals surface area (Å²) in [5.74, 6) is -1.08. The first kappa shape index (κ1) is 13.9. The molecule has 0 aromatic rings.